The minimum Gasteiger partial charge on any atom is -0.410 e. The third-order valence-corrected chi connectivity index (χ3v) is 8.31. The first-order valence-corrected chi connectivity index (χ1v) is 13.6. The van der Waals surface area contributed by atoms with Gasteiger partial charge in [-0.2, -0.15) is 5.10 Å². The van der Waals surface area contributed by atoms with E-state index < -0.39 is 6.09 Å². The van der Waals surface area contributed by atoms with E-state index in [1.54, 1.807) is 23.5 Å². The Morgan fingerprint density at radius 3 is 2.70 bits per heavy atom. The van der Waals surface area contributed by atoms with Gasteiger partial charge >= 0.3 is 6.09 Å². The molecule has 0 spiro atoms. The Morgan fingerprint density at radius 2 is 1.89 bits per heavy atom. The number of rotatable bonds is 6. The Bertz CT molecular complexity index is 1420. The number of nitrogens with one attached hydrogen (secondary N) is 2. The fourth-order valence-electron chi connectivity index (χ4n) is 5.06. The number of carbonyl (C=O) groups excluding carboxylic acids is 1. The third kappa shape index (κ3) is 5.18. The highest BCUT2D eigenvalue weighted by molar-refractivity contribution is 7.15. The van der Waals surface area contributed by atoms with Crippen molar-refractivity contribution < 1.29 is 9.53 Å². The van der Waals surface area contributed by atoms with Crippen molar-refractivity contribution in [1.29, 1.82) is 0 Å². The smallest absolute Gasteiger partial charge is 0.410 e. The zero-order valence-corrected chi connectivity index (χ0v) is 22.0. The summed E-state index contributed by atoms with van der Waals surface area (Å²) in [4.78, 5) is 19.3. The molecule has 1 aliphatic carbocycles. The van der Waals surface area contributed by atoms with Gasteiger partial charge in [-0.15, -0.1) is 11.3 Å². The van der Waals surface area contributed by atoms with Crippen LogP contribution < -0.4 is 10.1 Å². The minimum atomic E-state index is -0.455. The van der Waals surface area contributed by atoms with Crippen molar-refractivity contribution in [2.75, 3.05) is 33.2 Å². The van der Waals surface area contributed by atoms with E-state index in [1.165, 1.54) is 22.3 Å². The van der Waals surface area contributed by atoms with Crippen LogP contribution in [0.3, 0.4) is 0 Å². The largest absolute Gasteiger partial charge is 0.412 e. The highest BCUT2D eigenvalue weighted by Gasteiger charge is 2.26. The first kappa shape index (κ1) is 23.9. The Kier molecular flexibility index (Phi) is 6.54. The lowest BCUT2D eigenvalue weighted by atomic mass is 10.0. The molecule has 0 atom stereocenters. The van der Waals surface area contributed by atoms with E-state index in [1.807, 2.05) is 19.1 Å². The summed E-state index contributed by atoms with van der Waals surface area (Å²) in [6, 6.07) is 18.4. The topological polar surface area (TPSA) is 73.5 Å². The molecule has 7 nitrogen and oxygen atoms in total. The maximum atomic E-state index is 12.2. The molecular weight excluding hydrogens is 482 g/mol. The van der Waals surface area contributed by atoms with E-state index in [9.17, 15) is 4.79 Å². The number of aromatic nitrogens is 2. The van der Waals surface area contributed by atoms with Gasteiger partial charge in [0, 0.05) is 55.1 Å². The van der Waals surface area contributed by atoms with Crippen molar-refractivity contribution in [2.24, 2.45) is 0 Å². The van der Waals surface area contributed by atoms with Crippen LogP contribution in [0.15, 0.2) is 54.6 Å². The average Bonchev–Trinajstić information content (AvgIpc) is 3.61. The number of hydrogen-bond acceptors (Lipinski definition) is 6. The number of likely N-dealkylation sites (N-methyl/N-ethyl adjacent to an activating group) is 1. The second-order valence-electron chi connectivity index (χ2n) is 10.00. The molecule has 1 fully saturated rings. The molecule has 37 heavy (non-hydrogen) atoms. The molecule has 1 saturated heterocycles. The Labute approximate surface area is 221 Å². The van der Waals surface area contributed by atoms with Gasteiger partial charge in [0.25, 0.3) is 0 Å². The number of aryl methyl sites for hydroxylation is 1. The molecule has 4 aromatic rings. The van der Waals surface area contributed by atoms with Crippen molar-refractivity contribution >= 4 is 17.4 Å². The molecule has 0 radical (unpaired) electrons. The van der Waals surface area contributed by atoms with Crippen molar-refractivity contribution in [3.05, 3.63) is 81.7 Å². The van der Waals surface area contributed by atoms with Crippen LogP contribution in [0.5, 0.6) is 5.75 Å². The van der Waals surface area contributed by atoms with E-state index in [-0.39, 0.29) is 0 Å². The van der Waals surface area contributed by atoms with E-state index in [0.29, 0.717) is 12.3 Å². The van der Waals surface area contributed by atoms with Gasteiger partial charge in [0.15, 0.2) is 0 Å². The number of carbonyl (C=O) groups is 1. The number of fused-ring (bicyclic) bond motifs is 3. The summed E-state index contributed by atoms with van der Waals surface area (Å²) in [5.41, 5.74) is 8.48. The number of ether oxygens (including phenoxy) is 1. The standard InChI is InChI=1S/C29H31N5O2S/c1-19-3-6-22(7-4-19)36-29(35)30-17-23-8-10-26(37-23)28-25-16-21-15-20(5-9-24(21)27(25)31-32-28)18-34-13-11-33(2)12-14-34/h3-10,15H,11-14,16-18H2,1-2H3,(H,30,35)(H,31,32). The highest BCUT2D eigenvalue weighted by Crippen LogP contribution is 2.42. The lowest BCUT2D eigenvalue weighted by Gasteiger charge is -2.32. The summed E-state index contributed by atoms with van der Waals surface area (Å²) >= 11 is 1.66. The molecule has 1 aliphatic heterocycles. The van der Waals surface area contributed by atoms with Crippen LogP contribution in [0.2, 0.25) is 0 Å². The molecule has 1 amide bonds. The summed E-state index contributed by atoms with van der Waals surface area (Å²) in [5, 5.41) is 10.8. The third-order valence-electron chi connectivity index (χ3n) is 7.21. The minimum absolute atomic E-state index is 0.418. The van der Waals surface area contributed by atoms with Gasteiger partial charge in [0.2, 0.25) is 0 Å². The summed E-state index contributed by atoms with van der Waals surface area (Å²) in [5.74, 6) is 0.536. The monoisotopic (exact) mass is 513 g/mol. The van der Waals surface area contributed by atoms with Crippen molar-refractivity contribution in [1.82, 2.24) is 25.3 Å². The molecule has 2 aromatic carbocycles. The molecule has 2 aliphatic rings. The Morgan fingerprint density at radius 1 is 1.08 bits per heavy atom. The van der Waals surface area contributed by atoms with Gasteiger partial charge in [-0.25, -0.2) is 4.79 Å². The molecule has 6 rings (SSSR count). The number of piperazine rings is 1. The van der Waals surface area contributed by atoms with Gasteiger partial charge in [-0.1, -0.05) is 35.9 Å². The highest BCUT2D eigenvalue weighted by atomic mass is 32.1. The number of H-pyrrole nitrogens is 1. The fraction of sp³-hybridized carbons (Fsp3) is 0.310. The predicted octanol–water partition coefficient (Wildman–Crippen LogP) is 5.05. The number of nitrogens with zero attached hydrogens (tertiary/aromatic N) is 3. The Balaban J connectivity index is 1.09. The molecule has 0 saturated carbocycles. The van der Waals surface area contributed by atoms with E-state index >= 15 is 0 Å². The predicted molar refractivity (Wildman–Crippen MR) is 147 cm³/mol. The van der Waals surface area contributed by atoms with Gasteiger partial charge in [0.05, 0.1) is 22.8 Å². The zero-order chi connectivity index (χ0) is 25.4. The van der Waals surface area contributed by atoms with Gasteiger partial charge in [-0.3, -0.25) is 10.00 Å². The quantitative estimate of drug-likeness (QED) is 0.332. The SMILES string of the molecule is Cc1ccc(OC(=O)NCc2ccc(-c3[nH]nc4c3Cc3cc(CN5CCN(C)CC5)ccc3-4)s2)cc1. The van der Waals surface area contributed by atoms with Crippen LogP contribution in [-0.4, -0.2) is 59.3 Å². The summed E-state index contributed by atoms with van der Waals surface area (Å²) < 4.78 is 5.36. The molecule has 3 heterocycles. The molecule has 2 N–H and O–H groups in total. The zero-order valence-electron chi connectivity index (χ0n) is 21.2. The lowest BCUT2D eigenvalue weighted by molar-refractivity contribution is 0.148. The number of aromatic amines is 1. The maximum absolute atomic E-state index is 12.2. The molecular formula is C29H31N5O2S. The first-order chi connectivity index (χ1) is 18.0. The van der Waals surface area contributed by atoms with Crippen LogP contribution in [-0.2, 0) is 19.5 Å². The van der Waals surface area contributed by atoms with Crippen LogP contribution in [0.4, 0.5) is 4.79 Å². The number of thiophene rings is 1. The van der Waals surface area contributed by atoms with E-state index in [2.05, 4.69) is 62.7 Å². The Hall–Kier alpha value is -3.46. The van der Waals surface area contributed by atoms with Gasteiger partial charge in [0.1, 0.15) is 5.75 Å². The first-order valence-electron chi connectivity index (χ1n) is 12.7. The van der Waals surface area contributed by atoms with E-state index in [0.717, 1.165) is 65.9 Å². The average molecular weight is 514 g/mol. The summed E-state index contributed by atoms with van der Waals surface area (Å²) in [6.45, 7) is 7.94. The molecule has 2 aromatic heterocycles. The van der Waals surface area contributed by atoms with Crippen molar-refractivity contribution in [3.63, 3.8) is 0 Å². The van der Waals surface area contributed by atoms with Crippen LogP contribution in [0.25, 0.3) is 21.8 Å². The van der Waals surface area contributed by atoms with E-state index in [4.69, 9.17) is 4.74 Å². The van der Waals surface area contributed by atoms with Gasteiger partial charge < -0.3 is 15.0 Å². The van der Waals surface area contributed by atoms with Crippen LogP contribution >= 0.6 is 11.3 Å². The second-order valence-corrected chi connectivity index (χ2v) is 11.2. The number of hydrogen-bond donors (Lipinski definition) is 2. The summed E-state index contributed by atoms with van der Waals surface area (Å²) in [7, 11) is 2.19. The van der Waals surface area contributed by atoms with Crippen LogP contribution in [0, 0.1) is 6.92 Å². The number of benzene rings is 2. The van der Waals surface area contributed by atoms with Crippen molar-refractivity contribution in [2.45, 2.75) is 26.4 Å². The molecule has 0 unspecified atom stereocenters. The van der Waals surface area contributed by atoms with Crippen LogP contribution in [0.1, 0.15) is 27.1 Å². The second kappa shape index (κ2) is 10.1. The summed E-state index contributed by atoms with van der Waals surface area (Å²) in [6.07, 6.45) is 0.436. The molecule has 0 bridgehead atoms. The van der Waals surface area contributed by atoms with Crippen molar-refractivity contribution in [3.8, 4) is 27.6 Å². The van der Waals surface area contributed by atoms with Gasteiger partial charge in [-0.05, 0) is 49.4 Å². The normalized spacial score (nSPS) is 15.4. The molecule has 8 heteroatoms. The lowest BCUT2D eigenvalue weighted by Crippen LogP contribution is -2.43. The molecule has 190 valence electrons. The maximum Gasteiger partial charge on any atom is 0.412 e. The number of amides is 1. The fourth-order valence-corrected chi connectivity index (χ4v) is 6.03.